The summed E-state index contributed by atoms with van der Waals surface area (Å²) in [6.07, 6.45) is 1.02. The van der Waals surface area contributed by atoms with Crippen LogP contribution in [0.2, 0.25) is 0 Å². The normalized spacial score (nSPS) is 11.1. The van der Waals surface area contributed by atoms with Gasteiger partial charge in [0, 0.05) is 0 Å². The molecule has 0 fully saturated rings. The van der Waals surface area contributed by atoms with Gasteiger partial charge in [0.2, 0.25) is 0 Å². The maximum atomic E-state index is 3.48. The predicted octanol–water partition coefficient (Wildman–Crippen LogP) is 2.74. The molecule has 0 aliphatic heterocycles. The molecule has 3 heteroatoms. The summed E-state index contributed by atoms with van der Waals surface area (Å²) >= 11 is 1.51. The molecule has 0 N–H and O–H groups in total. The molecule has 0 saturated carbocycles. The van der Waals surface area contributed by atoms with Crippen molar-refractivity contribution in [3.05, 3.63) is 113 Å². The van der Waals surface area contributed by atoms with E-state index in [4.69, 9.17) is 0 Å². The first kappa shape index (κ1) is 30.3. The molecule has 0 unspecified atom stereocenters. The second-order valence-corrected chi connectivity index (χ2v) is 11.3. The number of halogens is 2. The first-order valence-electron chi connectivity index (χ1n) is 12.0. The zero-order valence-corrected chi connectivity index (χ0v) is 25.6. The summed E-state index contributed by atoms with van der Waals surface area (Å²) in [5, 5.41) is 5.30. The van der Waals surface area contributed by atoms with Crippen molar-refractivity contribution in [3.63, 3.8) is 0 Å². The Balaban J connectivity index is 0.000000260. The van der Waals surface area contributed by atoms with Crippen LogP contribution in [0.3, 0.4) is 0 Å². The van der Waals surface area contributed by atoms with Gasteiger partial charge in [-0.25, -0.2) is 12.1 Å². The largest absolute Gasteiger partial charge is 1.00 e. The van der Waals surface area contributed by atoms with Crippen molar-refractivity contribution < 1.29 is 49.0 Å². The van der Waals surface area contributed by atoms with Gasteiger partial charge in [0.25, 0.3) is 0 Å². The summed E-state index contributed by atoms with van der Waals surface area (Å²) in [4.78, 5) is 0. The third-order valence-corrected chi connectivity index (χ3v) is 6.44. The van der Waals surface area contributed by atoms with Crippen LogP contribution in [-0.4, -0.2) is 3.71 Å². The monoisotopic (exact) mass is 588 g/mol. The minimum atomic E-state index is 0. The van der Waals surface area contributed by atoms with Gasteiger partial charge in [0.05, 0.1) is 0 Å². The van der Waals surface area contributed by atoms with Crippen molar-refractivity contribution in [2.24, 2.45) is 0 Å². The topological polar surface area (TPSA) is 0 Å². The van der Waals surface area contributed by atoms with Crippen LogP contribution < -0.4 is 24.8 Å². The summed E-state index contributed by atoms with van der Waals surface area (Å²) in [5.41, 5.74) is 8.86. The second-order valence-electron chi connectivity index (χ2n) is 9.85. The van der Waals surface area contributed by atoms with Crippen LogP contribution in [-0.2, 0) is 36.1 Å². The quantitative estimate of drug-likeness (QED) is 0.189. The van der Waals surface area contributed by atoms with Crippen molar-refractivity contribution in [2.45, 2.75) is 46.5 Å². The summed E-state index contributed by atoms with van der Waals surface area (Å²) in [7, 11) is 0. The average molecular weight is 591 g/mol. The Morgan fingerprint density at radius 1 is 0.833 bits per heavy atom. The molecule has 184 valence electrons. The first-order chi connectivity index (χ1) is 16.4. The molecular formula is C33H32Cl2Zr-2. The molecule has 1 aliphatic rings. The number of hydrogen-bond acceptors (Lipinski definition) is 0. The fourth-order valence-electron chi connectivity index (χ4n) is 5.08. The molecule has 0 bridgehead atoms. The maximum Gasteiger partial charge on any atom is -0.0240 e. The summed E-state index contributed by atoms with van der Waals surface area (Å²) < 4.78 is 2.09. The van der Waals surface area contributed by atoms with Crippen LogP contribution >= 0.6 is 0 Å². The van der Waals surface area contributed by atoms with Crippen molar-refractivity contribution in [1.82, 2.24) is 0 Å². The molecule has 0 radical (unpaired) electrons. The number of fused-ring (bicyclic) bond motifs is 8. The Labute approximate surface area is 243 Å². The smallest absolute Gasteiger partial charge is 0.0240 e. The molecule has 0 atom stereocenters. The zero-order chi connectivity index (χ0) is 24.3. The van der Waals surface area contributed by atoms with Gasteiger partial charge in [-0.05, 0) is 28.5 Å². The molecule has 0 amide bonds. The Hall–Kier alpha value is -1.92. The molecule has 0 spiro atoms. The van der Waals surface area contributed by atoms with E-state index in [2.05, 4.69) is 116 Å². The summed E-state index contributed by atoms with van der Waals surface area (Å²) in [6.45, 7) is 10.9. The summed E-state index contributed by atoms with van der Waals surface area (Å²) in [6, 6.07) is 33.8. The zero-order valence-electron chi connectivity index (χ0n) is 21.6. The van der Waals surface area contributed by atoms with E-state index in [1.54, 1.807) is 0 Å². The average Bonchev–Trinajstić information content (AvgIpc) is 3.44. The molecule has 1 aliphatic carbocycles. The number of rotatable bonds is 0. The van der Waals surface area contributed by atoms with Crippen LogP contribution in [0.15, 0.2) is 84.9 Å². The molecule has 5 aromatic carbocycles. The van der Waals surface area contributed by atoms with E-state index in [9.17, 15) is 0 Å². The summed E-state index contributed by atoms with van der Waals surface area (Å²) in [5.74, 6) is 0. The van der Waals surface area contributed by atoms with Crippen LogP contribution in [0, 0.1) is 13.0 Å². The Morgan fingerprint density at radius 3 is 2.06 bits per heavy atom. The minimum Gasteiger partial charge on any atom is -1.00 e. The van der Waals surface area contributed by atoms with Crippen molar-refractivity contribution >= 4 is 25.3 Å². The van der Waals surface area contributed by atoms with E-state index in [-0.39, 0.29) is 24.8 Å². The van der Waals surface area contributed by atoms with E-state index < -0.39 is 0 Å². The van der Waals surface area contributed by atoms with Crippen molar-refractivity contribution in [3.8, 4) is 11.1 Å². The fraction of sp³-hybridized carbons (Fsp3) is 0.212. The maximum absolute atomic E-state index is 3.48. The van der Waals surface area contributed by atoms with Gasteiger partial charge in [-0.3, -0.25) is 0 Å². The van der Waals surface area contributed by atoms with Gasteiger partial charge in [-0.15, -0.1) is 46.2 Å². The molecule has 0 aromatic heterocycles. The van der Waals surface area contributed by atoms with Crippen molar-refractivity contribution in [2.75, 3.05) is 0 Å². The third kappa shape index (κ3) is 6.13. The number of benzene rings is 4. The molecule has 5 aromatic rings. The minimum absolute atomic E-state index is 0. The SMILES string of the molecule is C[CH]=[Zr+2].Cc1ccc[c-]1C(C)(C)C.[Cl-].[Cl-].[c-]1cccc2c1c1c(c3ccccc32)-c2ccccc2C1. The van der Waals surface area contributed by atoms with E-state index in [1.165, 1.54) is 79.2 Å². The molecular weight excluding hydrogens is 558 g/mol. The standard InChI is InChI=1S/C21H13.C10H15.C2H4.2ClH.Zr/c1-2-8-15-14(7-1)13-20-18-11-4-3-9-16(18)17-10-5-6-12-19(17)21(15)20;1-8-6-5-7-9(8)10(2,3)4;1-2;;;/h1-10,12H,13H2;5-7H,1-4H3;1H,2H3;2*1H;/q2*-1;;;;+2/p-2. The molecule has 0 nitrogen and oxygen atoms in total. The molecule has 0 saturated heterocycles. The van der Waals surface area contributed by atoms with E-state index in [0.717, 1.165) is 6.42 Å². The van der Waals surface area contributed by atoms with Gasteiger partial charge < -0.3 is 24.8 Å². The van der Waals surface area contributed by atoms with Gasteiger partial charge in [0.15, 0.2) is 0 Å². The van der Waals surface area contributed by atoms with Gasteiger partial charge in [-0.1, -0.05) is 87.0 Å². The van der Waals surface area contributed by atoms with Gasteiger partial charge in [-0.2, -0.15) is 11.6 Å². The molecule has 0 heterocycles. The first-order valence-corrected chi connectivity index (χ1v) is 13.4. The third-order valence-electron chi connectivity index (χ3n) is 6.44. The van der Waals surface area contributed by atoms with Crippen LogP contribution in [0.4, 0.5) is 0 Å². The van der Waals surface area contributed by atoms with E-state index in [1.807, 2.05) is 13.0 Å². The van der Waals surface area contributed by atoms with Gasteiger partial charge >= 0.3 is 34.9 Å². The van der Waals surface area contributed by atoms with E-state index >= 15 is 0 Å². The Kier molecular flexibility index (Phi) is 11.0. The van der Waals surface area contributed by atoms with Crippen LogP contribution in [0.25, 0.3) is 32.7 Å². The van der Waals surface area contributed by atoms with Crippen LogP contribution in [0.1, 0.15) is 49.9 Å². The molecule has 6 rings (SSSR count). The van der Waals surface area contributed by atoms with E-state index in [0.29, 0.717) is 5.41 Å². The van der Waals surface area contributed by atoms with Gasteiger partial charge in [0.1, 0.15) is 0 Å². The predicted molar refractivity (Wildman–Crippen MR) is 146 cm³/mol. The fourth-order valence-corrected chi connectivity index (χ4v) is 5.08. The molecule has 36 heavy (non-hydrogen) atoms. The Morgan fingerprint density at radius 2 is 1.44 bits per heavy atom. The van der Waals surface area contributed by atoms with Crippen LogP contribution in [0.5, 0.6) is 0 Å². The van der Waals surface area contributed by atoms with Crippen molar-refractivity contribution in [1.29, 1.82) is 0 Å². The number of aryl methyl sites for hydroxylation is 1. The number of hydrogen-bond donors (Lipinski definition) is 0. The Bertz CT molecular complexity index is 1450. The second kappa shape index (κ2) is 13.0.